The highest BCUT2D eigenvalue weighted by Gasteiger charge is 2.11. The monoisotopic (exact) mass is 239 g/mol. The lowest BCUT2D eigenvalue weighted by Crippen LogP contribution is -2.06. The van der Waals surface area contributed by atoms with Crippen molar-refractivity contribution in [1.82, 2.24) is 4.40 Å². The van der Waals surface area contributed by atoms with Crippen LogP contribution >= 0.6 is 0 Å². The zero-order chi connectivity index (χ0) is 12.5. The van der Waals surface area contributed by atoms with E-state index < -0.39 is 0 Å². The molecular weight excluding hydrogens is 229 g/mol. The zero-order valence-electron chi connectivity index (χ0n) is 9.51. The molecule has 0 radical (unpaired) electrons. The second-order valence-corrected chi connectivity index (χ2v) is 4.05. The first-order chi connectivity index (χ1) is 8.75. The minimum absolute atomic E-state index is 0.114. The lowest BCUT2D eigenvalue weighted by molar-refractivity contribution is 0.103. The Morgan fingerprint density at radius 3 is 2.44 bits per heavy atom. The molecule has 0 atom stereocenters. The van der Waals surface area contributed by atoms with Crippen molar-refractivity contribution >= 4 is 11.3 Å². The zero-order valence-corrected chi connectivity index (χ0v) is 9.51. The molecule has 3 aromatic rings. The summed E-state index contributed by atoms with van der Waals surface area (Å²) in [6.45, 7) is 0. The summed E-state index contributed by atoms with van der Waals surface area (Å²) in [5.41, 5.74) is 2.02. The standard InChI is InChI=1S/C15H10FNO/c16-12-8-6-11(7-9-12)15(18)14-5-1-3-13-4-2-10-17(13)14/h1-10H. The number of nitrogens with zero attached hydrogens (tertiary/aromatic N) is 1. The first-order valence-electron chi connectivity index (χ1n) is 5.62. The minimum Gasteiger partial charge on any atom is -0.314 e. The summed E-state index contributed by atoms with van der Waals surface area (Å²) in [4.78, 5) is 12.3. The molecule has 0 N–H and O–H groups in total. The summed E-state index contributed by atoms with van der Waals surface area (Å²) in [5.74, 6) is -0.456. The lowest BCUT2D eigenvalue weighted by Gasteiger charge is -2.05. The van der Waals surface area contributed by atoms with Crippen LogP contribution in [0.15, 0.2) is 60.8 Å². The van der Waals surface area contributed by atoms with Gasteiger partial charge in [-0.2, -0.15) is 0 Å². The van der Waals surface area contributed by atoms with Gasteiger partial charge in [-0.3, -0.25) is 4.79 Å². The average molecular weight is 239 g/mol. The first-order valence-corrected chi connectivity index (χ1v) is 5.62. The van der Waals surface area contributed by atoms with Crippen molar-refractivity contribution in [2.45, 2.75) is 0 Å². The molecule has 18 heavy (non-hydrogen) atoms. The fraction of sp³-hybridized carbons (Fsp3) is 0. The Bertz CT molecular complexity index is 713. The number of ketones is 1. The van der Waals surface area contributed by atoms with Crippen LogP contribution in [0.25, 0.3) is 5.52 Å². The van der Waals surface area contributed by atoms with Gasteiger partial charge in [0.15, 0.2) is 0 Å². The molecule has 2 nitrogen and oxygen atoms in total. The van der Waals surface area contributed by atoms with Gasteiger partial charge in [-0.05, 0) is 48.5 Å². The van der Waals surface area contributed by atoms with Gasteiger partial charge in [-0.15, -0.1) is 0 Å². The van der Waals surface area contributed by atoms with Crippen molar-refractivity contribution < 1.29 is 9.18 Å². The van der Waals surface area contributed by atoms with Crippen molar-refractivity contribution in [1.29, 1.82) is 0 Å². The molecule has 0 unspecified atom stereocenters. The van der Waals surface area contributed by atoms with Crippen LogP contribution in [-0.2, 0) is 0 Å². The summed E-state index contributed by atoms with van der Waals surface area (Å²) < 4.78 is 14.7. The highest BCUT2D eigenvalue weighted by atomic mass is 19.1. The van der Waals surface area contributed by atoms with Crippen LogP contribution < -0.4 is 0 Å². The predicted octanol–water partition coefficient (Wildman–Crippen LogP) is 3.31. The van der Waals surface area contributed by atoms with Crippen molar-refractivity contribution in [3.8, 4) is 0 Å². The quantitative estimate of drug-likeness (QED) is 0.629. The van der Waals surface area contributed by atoms with E-state index in [2.05, 4.69) is 0 Å². The van der Waals surface area contributed by atoms with Crippen LogP contribution in [0, 0.1) is 5.82 Å². The number of aromatic nitrogens is 1. The first kappa shape index (κ1) is 10.7. The van der Waals surface area contributed by atoms with Crippen molar-refractivity contribution in [2.24, 2.45) is 0 Å². The fourth-order valence-corrected chi connectivity index (χ4v) is 2.00. The topological polar surface area (TPSA) is 21.5 Å². The maximum atomic E-state index is 12.8. The minimum atomic E-state index is -0.342. The summed E-state index contributed by atoms with van der Waals surface area (Å²) in [6.07, 6.45) is 1.84. The molecule has 2 aromatic heterocycles. The molecule has 0 aliphatic heterocycles. The van der Waals surface area contributed by atoms with E-state index in [0.29, 0.717) is 11.3 Å². The van der Waals surface area contributed by atoms with Crippen molar-refractivity contribution in [3.05, 3.63) is 77.9 Å². The largest absolute Gasteiger partial charge is 0.314 e. The Balaban J connectivity index is 2.12. The summed E-state index contributed by atoms with van der Waals surface area (Å²) in [5, 5.41) is 0. The number of halogens is 1. The Labute approximate surface area is 103 Å². The molecule has 3 heteroatoms. The molecule has 2 heterocycles. The summed E-state index contributed by atoms with van der Waals surface area (Å²) in [7, 11) is 0. The number of benzene rings is 1. The molecule has 0 saturated heterocycles. The molecule has 88 valence electrons. The Hall–Kier alpha value is -2.42. The van der Waals surface area contributed by atoms with E-state index in [-0.39, 0.29) is 11.6 Å². The van der Waals surface area contributed by atoms with Gasteiger partial charge in [0.1, 0.15) is 5.82 Å². The molecule has 0 saturated carbocycles. The number of hydrogen-bond donors (Lipinski definition) is 0. The van der Waals surface area contributed by atoms with Gasteiger partial charge in [-0.25, -0.2) is 4.39 Å². The van der Waals surface area contributed by atoms with E-state index in [1.165, 1.54) is 24.3 Å². The maximum Gasteiger partial charge on any atom is 0.209 e. The molecule has 0 spiro atoms. The number of pyridine rings is 1. The number of carbonyl (C=O) groups excluding carboxylic acids is 1. The smallest absolute Gasteiger partial charge is 0.209 e. The Kier molecular flexibility index (Phi) is 2.45. The molecule has 0 aliphatic carbocycles. The molecule has 0 bridgehead atoms. The van der Waals surface area contributed by atoms with Gasteiger partial charge >= 0.3 is 0 Å². The van der Waals surface area contributed by atoms with E-state index in [4.69, 9.17) is 0 Å². The van der Waals surface area contributed by atoms with Crippen LogP contribution in [0.2, 0.25) is 0 Å². The van der Waals surface area contributed by atoms with Gasteiger partial charge in [0.2, 0.25) is 5.78 Å². The third kappa shape index (κ3) is 1.70. The predicted molar refractivity (Wildman–Crippen MR) is 67.2 cm³/mol. The summed E-state index contributed by atoms with van der Waals surface area (Å²) in [6, 6.07) is 14.9. The number of fused-ring (bicyclic) bond motifs is 1. The molecule has 3 rings (SSSR count). The van der Waals surface area contributed by atoms with Crippen LogP contribution in [0.3, 0.4) is 0 Å². The van der Waals surface area contributed by atoms with Gasteiger partial charge < -0.3 is 4.40 Å². The molecular formula is C15H10FNO. The fourth-order valence-electron chi connectivity index (χ4n) is 2.00. The van der Waals surface area contributed by atoms with Crippen LogP contribution in [0.4, 0.5) is 4.39 Å². The lowest BCUT2D eigenvalue weighted by atomic mass is 10.1. The van der Waals surface area contributed by atoms with Crippen LogP contribution in [-0.4, -0.2) is 10.2 Å². The van der Waals surface area contributed by atoms with Gasteiger partial charge in [0, 0.05) is 17.3 Å². The van der Waals surface area contributed by atoms with E-state index in [1.807, 2.05) is 34.9 Å². The number of rotatable bonds is 2. The second kappa shape index (κ2) is 4.11. The van der Waals surface area contributed by atoms with E-state index in [0.717, 1.165) is 5.52 Å². The normalized spacial score (nSPS) is 10.7. The number of hydrogen-bond acceptors (Lipinski definition) is 1. The third-order valence-electron chi connectivity index (χ3n) is 2.90. The molecule has 0 aliphatic rings. The maximum absolute atomic E-state index is 12.8. The van der Waals surface area contributed by atoms with E-state index >= 15 is 0 Å². The van der Waals surface area contributed by atoms with Gasteiger partial charge in [0.05, 0.1) is 5.69 Å². The highest BCUT2D eigenvalue weighted by molar-refractivity contribution is 6.08. The third-order valence-corrected chi connectivity index (χ3v) is 2.90. The Morgan fingerprint density at radius 1 is 0.944 bits per heavy atom. The van der Waals surface area contributed by atoms with Gasteiger partial charge in [0.25, 0.3) is 0 Å². The van der Waals surface area contributed by atoms with Crippen LogP contribution in [0.5, 0.6) is 0 Å². The van der Waals surface area contributed by atoms with E-state index in [9.17, 15) is 9.18 Å². The van der Waals surface area contributed by atoms with Crippen molar-refractivity contribution in [2.75, 3.05) is 0 Å². The Morgan fingerprint density at radius 2 is 1.67 bits per heavy atom. The molecule has 1 aromatic carbocycles. The average Bonchev–Trinajstić information content (AvgIpc) is 2.87. The molecule has 0 fully saturated rings. The van der Waals surface area contributed by atoms with Gasteiger partial charge in [-0.1, -0.05) is 6.07 Å². The molecule has 0 amide bonds. The van der Waals surface area contributed by atoms with Crippen LogP contribution in [0.1, 0.15) is 16.1 Å². The highest BCUT2D eigenvalue weighted by Crippen LogP contribution is 2.14. The SMILES string of the molecule is O=C(c1ccc(F)cc1)c1cccc2cccn12. The summed E-state index contributed by atoms with van der Waals surface area (Å²) >= 11 is 0. The van der Waals surface area contributed by atoms with Crippen molar-refractivity contribution in [3.63, 3.8) is 0 Å². The number of carbonyl (C=O) groups is 1. The second-order valence-electron chi connectivity index (χ2n) is 4.05. The van der Waals surface area contributed by atoms with E-state index in [1.54, 1.807) is 6.07 Å².